The van der Waals surface area contributed by atoms with Gasteiger partial charge in [-0.25, -0.2) is 4.68 Å². The Labute approximate surface area is 136 Å². The lowest BCUT2D eigenvalue weighted by Gasteiger charge is -2.19. The SMILES string of the molecule is CCCCn1nc(C(=O)N(C)c2ccc(C)cc2C)ccc1=O. The second kappa shape index (κ2) is 7.22. The molecule has 0 unspecified atom stereocenters. The van der Waals surface area contributed by atoms with Crippen LogP contribution in [0.1, 0.15) is 41.4 Å². The number of carbonyl (C=O) groups is 1. The van der Waals surface area contributed by atoms with Crippen molar-refractivity contribution in [3.8, 4) is 0 Å². The summed E-state index contributed by atoms with van der Waals surface area (Å²) < 4.78 is 1.37. The summed E-state index contributed by atoms with van der Waals surface area (Å²) in [7, 11) is 1.73. The molecule has 0 saturated carbocycles. The fourth-order valence-electron chi connectivity index (χ4n) is 2.49. The number of benzene rings is 1. The highest BCUT2D eigenvalue weighted by molar-refractivity contribution is 6.04. The molecular weight excluding hydrogens is 290 g/mol. The molecule has 1 amide bonds. The number of carbonyl (C=O) groups excluding carboxylic acids is 1. The largest absolute Gasteiger partial charge is 0.310 e. The molecule has 23 heavy (non-hydrogen) atoms. The minimum Gasteiger partial charge on any atom is -0.310 e. The van der Waals surface area contributed by atoms with Crippen molar-refractivity contribution in [1.82, 2.24) is 9.78 Å². The average molecular weight is 313 g/mol. The number of hydrogen-bond acceptors (Lipinski definition) is 3. The first kappa shape index (κ1) is 16.9. The molecule has 0 atom stereocenters. The molecule has 0 bridgehead atoms. The quantitative estimate of drug-likeness (QED) is 0.853. The number of anilines is 1. The van der Waals surface area contributed by atoms with E-state index in [1.807, 2.05) is 39.0 Å². The van der Waals surface area contributed by atoms with Crippen LogP contribution in [0.2, 0.25) is 0 Å². The van der Waals surface area contributed by atoms with Gasteiger partial charge in [-0.1, -0.05) is 31.0 Å². The molecular formula is C18H23N3O2. The fraction of sp³-hybridized carbons (Fsp3) is 0.389. The van der Waals surface area contributed by atoms with Crippen molar-refractivity contribution in [2.24, 2.45) is 0 Å². The molecule has 1 aromatic heterocycles. The van der Waals surface area contributed by atoms with Crippen LogP contribution in [-0.4, -0.2) is 22.7 Å². The third-order valence-corrected chi connectivity index (χ3v) is 3.83. The van der Waals surface area contributed by atoms with Gasteiger partial charge in [0.2, 0.25) is 0 Å². The van der Waals surface area contributed by atoms with E-state index >= 15 is 0 Å². The van der Waals surface area contributed by atoms with E-state index in [0.29, 0.717) is 6.54 Å². The monoisotopic (exact) mass is 313 g/mol. The maximum atomic E-state index is 12.7. The minimum atomic E-state index is -0.220. The van der Waals surface area contributed by atoms with Crippen molar-refractivity contribution in [3.05, 3.63) is 57.5 Å². The summed E-state index contributed by atoms with van der Waals surface area (Å²) in [5.41, 5.74) is 3.12. The number of unbranched alkanes of at least 4 members (excludes halogenated alkanes) is 1. The lowest BCUT2D eigenvalue weighted by molar-refractivity contribution is 0.0985. The molecule has 2 aromatic rings. The molecule has 0 spiro atoms. The molecule has 2 rings (SSSR count). The molecule has 1 aromatic carbocycles. The van der Waals surface area contributed by atoms with Gasteiger partial charge >= 0.3 is 0 Å². The predicted molar refractivity (Wildman–Crippen MR) is 92.1 cm³/mol. The van der Waals surface area contributed by atoms with E-state index in [2.05, 4.69) is 5.10 Å². The van der Waals surface area contributed by atoms with E-state index in [4.69, 9.17) is 0 Å². The van der Waals surface area contributed by atoms with Crippen molar-refractivity contribution in [3.63, 3.8) is 0 Å². The molecule has 0 fully saturated rings. The van der Waals surface area contributed by atoms with Crippen LogP contribution in [0.5, 0.6) is 0 Å². The van der Waals surface area contributed by atoms with E-state index < -0.39 is 0 Å². The zero-order chi connectivity index (χ0) is 17.0. The molecule has 0 saturated heterocycles. The maximum Gasteiger partial charge on any atom is 0.278 e. The van der Waals surface area contributed by atoms with Gasteiger partial charge in [0, 0.05) is 25.3 Å². The van der Waals surface area contributed by atoms with Crippen LogP contribution < -0.4 is 10.5 Å². The van der Waals surface area contributed by atoms with Crippen LogP contribution in [0.4, 0.5) is 5.69 Å². The Morgan fingerprint density at radius 1 is 1.22 bits per heavy atom. The van der Waals surface area contributed by atoms with Crippen LogP contribution in [0.15, 0.2) is 35.1 Å². The van der Waals surface area contributed by atoms with Gasteiger partial charge < -0.3 is 4.90 Å². The number of rotatable bonds is 5. The Morgan fingerprint density at radius 3 is 2.61 bits per heavy atom. The van der Waals surface area contributed by atoms with Gasteiger partial charge in [0.05, 0.1) is 0 Å². The topological polar surface area (TPSA) is 55.2 Å². The van der Waals surface area contributed by atoms with Crippen LogP contribution in [0, 0.1) is 13.8 Å². The van der Waals surface area contributed by atoms with Gasteiger partial charge in [0.1, 0.15) is 5.69 Å². The highest BCUT2D eigenvalue weighted by Gasteiger charge is 2.17. The lowest BCUT2D eigenvalue weighted by Crippen LogP contribution is -2.31. The Bertz CT molecular complexity index is 765. The Morgan fingerprint density at radius 2 is 1.96 bits per heavy atom. The van der Waals surface area contributed by atoms with Crippen molar-refractivity contribution in [1.29, 1.82) is 0 Å². The second-order valence-electron chi connectivity index (χ2n) is 5.79. The van der Waals surface area contributed by atoms with Crippen molar-refractivity contribution in [2.75, 3.05) is 11.9 Å². The summed E-state index contributed by atoms with van der Waals surface area (Å²) >= 11 is 0. The van der Waals surface area contributed by atoms with Crippen molar-refractivity contribution < 1.29 is 4.79 Å². The van der Waals surface area contributed by atoms with Crippen molar-refractivity contribution >= 4 is 11.6 Å². The van der Waals surface area contributed by atoms with Crippen LogP contribution >= 0.6 is 0 Å². The molecule has 1 heterocycles. The van der Waals surface area contributed by atoms with E-state index in [1.165, 1.54) is 16.8 Å². The van der Waals surface area contributed by atoms with E-state index in [9.17, 15) is 9.59 Å². The van der Waals surface area contributed by atoms with E-state index in [1.54, 1.807) is 11.9 Å². The Balaban J connectivity index is 2.30. The lowest BCUT2D eigenvalue weighted by atomic mass is 10.1. The molecule has 0 N–H and O–H groups in total. The first-order chi connectivity index (χ1) is 10.9. The van der Waals surface area contributed by atoms with E-state index in [-0.39, 0.29) is 17.2 Å². The highest BCUT2D eigenvalue weighted by atomic mass is 16.2. The average Bonchev–Trinajstić information content (AvgIpc) is 2.53. The maximum absolute atomic E-state index is 12.7. The summed E-state index contributed by atoms with van der Waals surface area (Å²) in [6, 6.07) is 8.84. The molecule has 0 aliphatic heterocycles. The smallest absolute Gasteiger partial charge is 0.278 e. The van der Waals surface area contributed by atoms with Crippen LogP contribution in [-0.2, 0) is 6.54 Å². The molecule has 122 valence electrons. The van der Waals surface area contributed by atoms with Crippen LogP contribution in [0.3, 0.4) is 0 Å². The molecule has 0 aliphatic carbocycles. The number of aromatic nitrogens is 2. The normalized spacial score (nSPS) is 10.6. The van der Waals surface area contributed by atoms with Gasteiger partial charge in [0.25, 0.3) is 11.5 Å². The standard InChI is InChI=1S/C18H23N3O2/c1-5-6-11-21-17(22)10-8-15(19-21)18(23)20(4)16-9-7-13(2)12-14(16)3/h7-10,12H,5-6,11H2,1-4H3. The number of hydrogen-bond donors (Lipinski definition) is 0. The molecule has 0 aliphatic rings. The third kappa shape index (κ3) is 3.86. The Hall–Kier alpha value is -2.43. The third-order valence-electron chi connectivity index (χ3n) is 3.83. The summed E-state index contributed by atoms with van der Waals surface area (Å²) in [6.45, 7) is 6.57. The number of amides is 1. The van der Waals surface area contributed by atoms with Gasteiger partial charge in [-0.15, -0.1) is 0 Å². The number of nitrogens with zero attached hydrogens (tertiary/aromatic N) is 3. The molecule has 5 nitrogen and oxygen atoms in total. The summed E-state index contributed by atoms with van der Waals surface area (Å²) in [5.74, 6) is -0.220. The highest BCUT2D eigenvalue weighted by Crippen LogP contribution is 2.21. The second-order valence-corrected chi connectivity index (χ2v) is 5.79. The fourth-order valence-corrected chi connectivity index (χ4v) is 2.49. The predicted octanol–water partition coefficient (Wildman–Crippen LogP) is 2.94. The molecule has 0 radical (unpaired) electrons. The first-order valence-corrected chi connectivity index (χ1v) is 7.87. The first-order valence-electron chi connectivity index (χ1n) is 7.87. The van der Waals surface area contributed by atoms with Crippen molar-refractivity contribution in [2.45, 2.75) is 40.2 Å². The minimum absolute atomic E-state index is 0.177. The summed E-state index contributed by atoms with van der Waals surface area (Å²) in [6.07, 6.45) is 1.83. The summed E-state index contributed by atoms with van der Waals surface area (Å²) in [4.78, 5) is 26.0. The van der Waals surface area contributed by atoms with E-state index in [0.717, 1.165) is 29.7 Å². The number of aryl methyl sites for hydroxylation is 3. The van der Waals surface area contributed by atoms with Gasteiger partial charge in [-0.05, 0) is 38.0 Å². The van der Waals surface area contributed by atoms with Gasteiger partial charge in [-0.2, -0.15) is 5.10 Å². The van der Waals surface area contributed by atoms with Gasteiger partial charge in [0.15, 0.2) is 0 Å². The van der Waals surface area contributed by atoms with Crippen LogP contribution in [0.25, 0.3) is 0 Å². The zero-order valence-corrected chi connectivity index (χ0v) is 14.2. The summed E-state index contributed by atoms with van der Waals surface area (Å²) in [5, 5.41) is 4.22. The van der Waals surface area contributed by atoms with Gasteiger partial charge in [-0.3, -0.25) is 9.59 Å². The molecule has 5 heteroatoms. The zero-order valence-electron chi connectivity index (χ0n) is 14.2. The Kier molecular flexibility index (Phi) is 5.32.